The van der Waals surface area contributed by atoms with E-state index >= 15 is 0 Å². The molecule has 2 rings (SSSR count). The molecular weight excluding hydrogens is 310 g/mol. The Hall–Kier alpha value is -1.55. The first kappa shape index (κ1) is 19.5. The van der Waals surface area contributed by atoms with E-state index in [1.54, 1.807) is 0 Å². The number of ether oxygens (including phenoxy) is 1. The van der Waals surface area contributed by atoms with Crippen LogP contribution in [0.2, 0.25) is 0 Å². The number of benzene rings is 2. The van der Waals surface area contributed by atoms with E-state index in [0.29, 0.717) is 13.2 Å². The zero-order valence-electron chi connectivity index (χ0n) is 13.8. The maximum absolute atomic E-state index is 10.0. The van der Waals surface area contributed by atoms with Gasteiger partial charge in [0.05, 0.1) is 0 Å². The van der Waals surface area contributed by atoms with Crippen LogP contribution >= 0.6 is 12.4 Å². The molecule has 0 aromatic heterocycles. The highest BCUT2D eigenvalue weighted by Gasteiger charge is 2.09. The number of likely N-dealkylation sites (N-methyl/N-ethyl adjacent to an activating group) is 1. The van der Waals surface area contributed by atoms with E-state index < -0.39 is 6.10 Å². The van der Waals surface area contributed by atoms with Gasteiger partial charge in [0.1, 0.15) is 18.5 Å². The topological polar surface area (TPSA) is 32.7 Å². The molecule has 0 heterocycles. The summed E-state index contributed by atoms with van der Waals surface area (Å²) in [5, 5.41) is 10.0. The lowest BCUT2D eigenvalue weighted by Crippen LogP contribution is -2.35. The van der Waals surface area contributed by atoms with E-state index in [-0.39, 0.29) is 12.4 Å². The quantitative estimate of drug-likeness (QED) is 0.795. The molecule has 23 heavy (non-hydrogen) atoms. The third-order valence-electron chi connectivity index (χ3n) is 3.77. The lowest BCUT2D eigenvalue weighted by molar-refractivity contribution is 0.0716. The zero-order chi connectivity index (χ0) is 15.8. The summed E-state index contributed by atoms with van der Waals surface area (Å²) in [5.74, 6) is 0.790. The van der Waals surface area contributed by atoms with Crippen molar-refractivity contribution in [3.63, 3.8) is 0 Å². The first-order chi connectivity index (χ1) is 10.7. The molecule has 0 aliphatic carbocycles. The standard InChI is InChI=1S/C19H25NO2.ClH/c1-3-20(4-2)14-18(21)15-22-19-12-10-17(11-13-19)16-8-6-5-7-9-16;/h5-13,18,21H,3-4,14-15H2,1-2H3;1H. The van der Waals surface area contributed by atoms with Crippen LogP contribution in [0.5, 0.6) is 5.75 Å². The Labute approximate surface area is 145 Å². The molecule has 0 saturated heterocycles. The van der Waals surface area contributed by atoms with Gasteiger partial charge in [0, 0.05) is 6.54 Å². The highest BCUT2D eigenvalue weighted by Crippen LogP contribution is 2.22. The van der Waals surface area contributed by atoms with Gasteiger partial charge in [-0.15, -0.1) is 12.4 Å². The predicted octanol–water partition coefficient (Wildman–Crippen LogP) is 3.86. The fraction of sp³-hybridized carbons (Fsp3) is 0.368. The van der Waals surface area contributed by atoms with Crippen LogP contribution in [0.4, 0.5) is 0 Å². The van der Waals surface area contributed by atoms with E-state index in [0.717, 1.165) is 24.4 Å². The molecule has 1 N–H and O–H groups in total. The van der Waals surface area contributed by atoms with Crippen molar-refractivity contribution in [2.45, 2.75) is 20.0 Å². The Morgan fingerprint density at radius 3 is 2.04 bits per heavy atom. The molecule has 2 aromatic carbocycles. The molecule has 1 atom stereocenters. The van der Waals surface area contributed by atoms with Crippen LogP contribution in [0.15, 0.2) is 54.6 Å². The Morgan fingerprint density at radius 2 is 1.48 bits per heavy atom. The Kier molecular flexibility index (Phi) is 8.70. The van der Waals surface area contributed by atoms with E-state index in [1.807, 2.05) is 42.5 Å². The van der Waals surface area contributed by atoms with Crippen molar-refractivity contribution in [1.29, 1.82) is 0 Å². The van der Waals surface area contributed by atoms with Crippen molar-refractivity contribution in [3.05, 3.63) is 54.6 Å². The average Bonchev–Trinajstić information content (AvgIpc) is 2.59. The third kappa shape index (κ3) is 6.22. The molecule has 0 amide bonds. The summed E-state index contributed by atoms with van der Waals surface area (Å²) >= 11 is 0. The van der Waals surface area contributed by atoms with Gasteiger partial charge in [0.2, 0.25) is 0 Å². The molecule has 2 aromatic rings. The van der Waals surface area contributed by atoms with Crippen molar-refractivity contribution in [3.8, 4) is 16.9 Å². The Bertz CT molecular complexity index is 541. The van der Waals surface area contributed by atoms with E-state index in [2.05, 4.69) is 30.9 Å². The number of hydrogen-bond acceptors (Lipinski definition) is 3. The largest absolute Gasteiger partial charge is 0.491 e. The highest BCUT2D eigenvalue weighted by molar-refractivity contribution is 5.85. The SMILES string of the molecule is CCN(CC)CC(O)COc1ccc(-c2ccccc2)cc1.Cl. The van der Waals surface area contributed by atoms with Gasteiger partial charge >= 0.3 is 0 Å². The molecule has 1 unspecified atom stereocenters. The third-order valence-corrected chi connectivity index (χ3v) is 3.77. The zero-order valence-corrected chi connectivity index (χ0v) is 14.6. The first-order valence-corrected chi connectivity index (χ1v) is 7.91. The summed E-state index contributed by atoms with van der Waals surface area (Å²) in [6, 6.07) is 18.2. The van der Waals surface area contributed by atoms with E-state index in [9.17, 15) is 5.11 Å². The minimum absolute atomic E-state index is 0. The van der Waals surface area contributed by atoms with E-state index in [1.165, 1.54) is 5.56 Å². The number of halogens is 1. The molecule has 3 nitrogen and oxygen atoms in total. The minimum atomic E-state index is -0.464. The lowest BCUT2D eigenvalue weighted by Gasteiger charge is -2.21. The van der Waals surface area contributed by atoms with Crippen molar-refractivity contribution < 1.29 is 9.84 Å². The first-order valence-electron chi connectivity index (χ1n) is 7.91. The molecule has 0 spiro atoms. The van der Waals surface area contributed by atoms with Gasteiger partial charge in [-0.3, -0.25) is 0 Å². The number of nitrogens with zero attached hydrogens (tertiary/aromatic N) is 1. The molecular formula is C19H26ClNO2. The van der Waals surface area contributed by atoms with Crippen molar-refractivity contribution in [2.75, 3.05) is 26.2 Å². The van der Waals surface area contributed by atoms with Crippen molar-refractivity contribution >= 4 is 12.4 Å². The maximum Gasteiger partial charge on any atom is 0.119 e. The molecule has 0 aliphatic heterocycles. The summed E-state index contributed by atoms with van der Waals surface area (Å²) in [5.41, 5.74) is 2.35. The van der Waals surface area contributed by atoms with Gasteiger partial charge in [-0.2, -0.15) is 0 Å². The second kappa shape index (κ2) is 10.3. The smallest absolute Gasteiger partial charge is 0.119 e. The van der Waals surface area contributed by atoms with Gasteiger partial charge < -0.3 is 14.7 Å². The molecule has 4 heteroatoms. The second-order valence-electron chi connectivity index (χ2n) is 5.34. The van der Waals surface area contributed by atoms with Crippen molar-refractivity contribution in [2.24, 2.45) is 0 Å². The van der Waals surface area contributed by atoms with Crippen LogP contribution in [0.3, 0.4) is 0 Å². The van der Waals surface area contributed by atoms with Gasteiger partial charge in [-0.25, -0.2) is 0 Å². The molecule has 0 saturated carbocycles. The van der Waals surface area contributed by atoms with Crippen molar-refractivity contribution in [1.82, 2.24) is 4.90 Å². The fourth-order valence-electron chi connectivity index (χ4n) is 2.40. The average molecular weight is 336 g/mol. The fourth-order valence-corrected chi connectivity index (χ4v) is 2.40. The number of hydrogen-bond donors (Lipinski definition) is 1. The summed E-state index contributed by atoms with van der Waals surface area (Å²) in [7, 11) is 0. The summed E-state index contributed by atoms with van der Waals surface area (Å²) in [4.78, 5) is 2.19. The molecule has 0 bridgehead atoms. The van der Waals surface area contributed by atoms with Gasteiger partial charge in [0.25, 0.3) is 0 Å². The van der Waals surface area contributed by atoms with E-state index in [4.69, 9.17) is 4.74 Å². The van der Waals surface area contributed by atoms with Crippen LogP contribution < -0.4 is 4.74 Å². The summed E-state index contributed by atoms with van der Waals surface area (Å²) in [6.07, 6.45) is -0.464. The van der Waals surface area contributed by atoms with Crippen LogP contribution in [-0.2, 0) is 0 Å². The molecule has 0 radical (unpaired) electrons. The summed E-state index contributed by atoms with van der Waals surface area (Å²) < 4.78 is 5.67. The second-order valence-corrected chi connectivity index (χ2v) is 5.34. The van der Waals surface area contributed by atoms with Crippen LogP contribution in [-0.4, -0.2) is 42.4 Å². The van der Waals surface area contributed by atoms with Crippen LogP contribution in [0.1, 0.15) is 13.8 Å². The number of rotatable bonds is 8. The summed E-state index contributed by atoms with van der Waals surface area (Å²) in [6.45, 7) is 7.05. The Balaban J connectivity index is 0.00000264. The predicted molar refractivity (Wildman–Crippen MR) is 98.4 cm³/mol. The number of aliphatic hydroxyl groups is 1. The Morgan fingerprint density at radius 1 is 0.913 bits per heavy atom. The van der Waals surface area contributed by atoms with Gasteiger partial charge in [-0.1, -0.05) is 56.3 Å². The van der Waals surface area contributed by atoms with Gasteiger partial charge in [0.15, 0.2) is 0 Å². The molecule has 126 valence electrons. The molecule has 0 aliphatic rings. The molecule has 0 fully saturated rings. The lowest BCUT2D eigenvalue weighted by atomic mass is 10.1. The van der Waals surface area contributed by atoms with Crippen LogP contribution in [0.25, 0.3) is 11.1 Å². The monoisotopic (exact) mass is 335 g/mol. The number of aliphatic hydroxyl groups excluding tert-OH is 1. The minimum Gasteiger partial charge on any atom is -0.491 e. The van der Waals surface area contributed by atoms with Crippen LogP contribution in [0, 0.1) is 0 Å². The highest BCUT2D eigenvalue weighted by atomic mass is 35.5. The van der Waals surface area contributed by atoms with Gasteiger partial charge in [-0.05, 0) is 36.3 Å². The normalized spacial score (nSPS) is 11.8. The maximum atomic E-state index is 10.0.